The average Bonchev–Trinajstić information content (AvgIpc) is 3.36. The topological polar surface area (TPSA) is 131 Å². The molecular formula is C26H20N4O7. The highest BCUT2D eigenvalue weighted by molar-refractivity contribution is 5.89. The third-order valence-electron chi connectivity index (χ3n) is 5.72. The van der Waals surface area contributed by atoms with Crippen molar-refractivity contribution in [3.05, 3.63) is 86.7 Å². The highest BCUT2D eigenvalue weighted by Gasteiger charge is 2.22. The van der Waals surface area contributed by atoms with Gasteiger partial charge in [-0.05, 0) is 36.4 Å². The van der Waals surface area contributed by atoms with Gasteiger partial charge in [0.15, 0.2) is 11.5 Å². The molecule has 0 aliphatic rings. The van der Waals surface area contributed by atoms with E-state index in [0.717, 1.165) is 4.68 Å². The van der Waals surface area contributed by atoms with Gasteiger partial charge in [-0.1, -0.05) is 18.2 Å². The predicted octanol–water partition coefficient (Wildman–Crippen LogP) is 4.63. The molecule has 0 unspecified atom stereocenters. The number of fused-ring (bicyclic) bond motifs is 2. The Hall–Kier alpha value is -5.19. The van der Waals surface area contributed by atoms with Crippen LogP contribution < -0.4 is 19.8 Å². The largest absolute Gasteiger partial charge is 0.496 e. The van der Waals surface area contributed by atoms with Gasteiger partial charge in [-0.3, -0.25) is 14.9 Å². The summed E-state index contributed by atoms with van der Waals surface area (Å²) in [6, 6.07) is 16.7. The van der Waals surface area contributed by atoms with Crippen molar-refractivity contribution >= 4 is 33.8 Å². The van der Waals surface area contributed by atoms with Crippen molar-refractivity contribution in [2.75, 3.05) is 21.3 Å². The van der Waals surface area contributed by atoms with E-state index in [1.165, 1.54) is 32.6 Å². The van der Waals surface area contributed by atoms with Gasteiger partial charge in [-0.25, -0.2) is 4.98 Å². The first kappa shape index (κ1) is 23.5. The van der Waals surface area contributed by atoms with E-state index in [2.05, 4.69) is 10.1 Å². The van der Waals surface area contributed by atoms with E-state index in [1.54, 1.807) is 55.6 Å². The van der Waals surface area contributed by atoms with E-state index in [9.17, 15) is 14.9 Å². The number of ether oxygens (including phenoxy) is 3. The molecule has 0 spiro atoms. The standard InChI is InChI=1S/C26H20N4O7/c1-34-20-9-6-10-21-17(20)13-23(37-21)25-28-18-8-5-4-7-16(18)26(31)29(25)27-14-15-11-19(30(32)33)24(36-3)22(12-15)35-2/h4-14H,1-3H3. The molecule has 0 atom stereocenters. The fourth-order valence-electron chi connectivity index (χ4n) is 4.01. The third kappa shape index (κ3) is 4.12. The summed E-state index contributed by atoms with van der Waals surface area (Å²) in [5.41, 5.74) is 0.559. The van der Waals surface area contributed by atoms with Crippen molar-refractivity contribution in [3.8, 4) is 28.8 Å². The number of para-hydroxylation sites is 1. The normalized spacial score (nSPS) is 11.3. The molecule has 186 valence electrons. The summed E-state index contributed by atoms with van der Waals surface area (Å²) in [4.78, 5) is 29.1. The van der Waals surface area contributed by atoms with E-state index in [-0.39, 0.29) is 28.8 Å². The van der Waals surface area contributed by atoms with Crippen molar-refractivity contribution in [3.63, 3.8) is 0 Å². The van der Waals surface area contributed by atoms with Gasteiger partial charge in [0.25, 0.3) is 5.56 Å². The number of rotatable bonds is 7. The molecular weight excluding hydrogens is 480 g/mol. The van der Waals surface area contributed by atoms with Crippen LogP contribution in [0.1, 0.15) is 5.56 Å². The van der Waals surface area contributed by atoms with E-state index in [4.69, 9.17) is 18.6 Å². The number of nitrogens with zero attached hydrogens (tertiary/aromatic N) is 4. The zero-order valence-electron chi connectivity index (χ0n) is 20.0. The van der Waals surface area contributed by atoms with E-state index >= 15 is 0 Å². The fraction of sp³-hybridized carbons (Fsp3) is 0.115. The van der Waals surface area contributed by atoms with Crippen LogP contribution in [0.15, 0.2) is 75.0 Å². The Labute approximate surface area is 209 Å². The Morgan fingerprint density at radius 1 is 0.973 bits per heavy atom. The minimum absolute atomic E-state index is 0.0221. The molecule has 2 aromatic heterocycles. The summed E-state index contributed by atoms with van der Waals surface area (Å²) in [7, 11) is 4.24. The van der Waals surface area contributed by atoms with Crippen molar-refractivity contribution < 1.29 is 23.6 Å². The average molecular weight is 500 g/mol. The zero-order valence-corrected chi connectivity index (χ0v) is 20.0. The molecule has 11 nitrogen and oxygen atoms in total. The smallest absolute Gasteiger partial charge is 0.315 e. The molecule has 11 heteroatoms. The zero-order chi connectivity index (χ0) is 26.1. The minimum Gasteiger partial charge on any atom is -0.496 e. The molecule has 0 saturated heterocycles. The van der Waals surface area contributed by atoms with Gasteiger partial charge in [0, 0.05) is 11.6 Å². The van der Waals surface area contributed by atoms with Crippen LogP contribution in [0, 0.1) is 10.1 Å². The summed E-state index contributed by atoms with van der Waals surface area (Å²) in [6.45, 7) is 0. The first-order chi connectivity index (χ1) is 17.9. The molecule has 37 heavy (non-hydrogen) atoms. The highest BCUT2D eigenvalue weighted by Crippen LogP contribution is 2.37. The van der Waals surface area contributed by atoms with Gasteiger partial charge >= 0.3 is 5.69 Å². The van der Waals surface area contributed by atoms with Crippen LogP contribution in [0.5, 0.6) is 17.2 Å². The van der Waals surface area contributed by atoms with Gasteiger partial charge < -0.3 is 18.6 Å². The molecule has 0 saturated carbocycles. The Balaban J connectivity index is 1.72. The number of benzene rings is 3. The molecule has 0 N–H and O–H groups in total. The number of nitro groups is 1. The number of aromatic nitrogens is 2. The third-order valence-corrected chi connectivity index (χ3v) is 5.72. The monoisotopic (exact) mass is 500 g/mol. The number of hydrogen-bond donors (Lipinski definition) is 0. The number of methoxy groups -OCH3 is 3. The predicted molar refractivity (Wildman–Crippen MR) is 137 cm³/mol. The maximum atomic E-state index is 13.5. The van der Waals surface area contributed by atoms with Crippen molar-refractivity contribution in [2.24, 2.45) is 5.10 Å². The van der Waals surface area contributed by atoms with Crippen LogP contribution >= 0.6 is 0 Å². The highest BCUT2D eigenvalue weighted by atomic mass is 16.6. The second kappa shape index (κ2) is 9.46. The molecule has 0 bridgehead atoms. The summed E-state index contributed by atoms with van der Waals surface area (Å²) in [6.07, 6.45) is 1.31. The Bertz CT molecular complexity index is 1750. The van der Waals surface area contributed by atoms with Crippen molar-refractivity contribution in [1.82, 2.24) is 9.66 Å². The maximum absolute atomic E-state index is 13.5. The van der Waals surface area contributed by atoms with E-state index < -0.39 is 10.5 Å². The van der Waals surface area contributed by atoms with Gasteiger partial charge in [-0.15, -0.1) is 0 Å². The lowest BCUT2D eigenvalue weighted by atomic mass is 10.2. The number of furan rings is 1. The second-order valence-corrected chi connectivity index (χ2v) is 7.83. The van der Waals surface area contributed by atoms with Crippen LogP contribution in [-0.2, 0) is 0 Å². The van der Waals surface area contributed by atoms with Gasteiger partial charge in [0.05, 0.1) is 48.8 Å². The van der Waals surface area contributed by atoms with Crippen molar-refractivity contribution in [1.29, 1.82) is 0 Å². The quantitative estimate of drug-likeness (QED) is 0.180. The Morgan fingerprint density at radius 2 is 1.76 bits per heavy atom. The lowest BCUT2D eigenvalue weighted by Gasteiger charge is -2.09. The first-order valence-corrected chi connectivity index (χ1v) is 11.0. The molecule has 5 aromatic rings. The van der Waals surface area contributed by atoms with Crippen LogP contribution in [0.4, 0.5) is 5.69 Å². The van der Waals surface area contributed by atoms with Crippen LogP contribution in [0.3, 0.4) is 0 Å². The van der Waals surface area contributed by atoms with E-state index in [0.29, 0.717) is 33.2 Å². The fourth-order valence-corrected chi connectivity index (χ4v) is 4.01. The SMILES string of the molecule is COc1cc(C=Nn2c(-c3cc4c(OC)cccc4o3)nc3ccccc3c2=O)cc([N+](=O)[O-])c1OC. The molecule has 5 rings (SSSR count). The molecule has 3 aromatic carbocycles. The molecule has 0 fully saturated rings. The Morgan fingerprint density at radius 3 is 2.49 bits per heavy atom. The molecule has 0 radical (unpaired) electrons. The summed E-state index contributed by atoms with van der Waals surface area (Å²) in [5, 5.41) is 17.0. The summed E-state index contributed by atoms with van der Waals surface area (Å²) >= 11 is 0. The van der Waals surface area contributed by atoms with Crippen molar-refractivity contribution in [2.45, 2.75) is 0 Å². The first-order valence-electron chi connectivity index (χ1n) is 11.0. The summed E-state index contributed by atoms with van der Waals surface area (Å²) < 4.78 is 22.9. The second-order valence-electron chi connectivity index (χ2n) is 7.83. The molecule has 0 aliphatic carbocycles. The lowest BCUT2D eigenvalue weighted by molar-refractivity contribution is -0.385. The van der Waals surface area contributed by atoms with Crippen LogP contribution in [-0.4, -0.2) is 42.1 Å². The molecule has 0 aliphatic heterocycles. The van der Waals surface area contributed by atoms with Crippen LogP contribution in [0.2, 0.25) is 0 Å². The lowest BCUT2D eigenvalue weighted by Crippen LogP contribution is -2.20. The minimum atomic E-state index is -0.588. The maximum Gasteiger partial charge on any atom is 0.315 e. The molecule has 0 amide bonds. The Kier molecular flexibility index (Phi) is 6.02. The molecule has 2 heterocycles. The van der Waals surface area contributed by atoms with Gasteiger partial charge in [0.2, 0.25) is 11.6 Å². The van der Waals surface area contributed by atoms with Crippen LogP contribution in [0.25, 0.3) is 33.5 Å². The van der Waals surface area contributed by atoms with Gasteiger partial charge in [-0.2, -0.15) is 9.78 Å². The van der Waals surface area contributed by atoms with E-state index in [1.807, 2.05) is 0 Å². The summed E-state index contributed by atoms with van der Waals surface area (Å²) in [5.74, 6) is 1.16. The van der Waals surface area contributed by atoms with Gasteiger partial charge in [0.1, 0.15) is 11.3 Å². The number of hydrogen-bond acceptors (Lipinski definition) is 9. The number of nitro benzene ring substituents is 1.